The van der Waals surface area contributed by atoms with E-state index in [-0.39, 0.29) is 0 Å². The average Bonchev–Trinajstić information content (AvgIpc) is 3.28. The second-order valence-electron chi connectivity index (χ2n) is 5.82. The molecule has 1 aliphatic carbocycles. The summed E-state index contributed by atoms with van der Waals surface area (Å²) in [6.45, 7) is 8.62. The second kappa shape index (κ2) is 8.04. The topological polar surface area (TPSA) is 30.5 Å². The molecule has 2 rings (SSSR count). The maximum absolute atomic E-state index is 5.97. The number of nitrogens with one attached hydrogen (secondary N) is 1. The van der Waals surface area contributed by atoms with Gasteiger partial charge in [0.2, 0.25) is 0 Å². The highest BCUT2D eigenvalue weighted by molar-refractivity contribution is 9.10. The zero-order valence-electron chi connectivity index (χ0n) is 13.2. The summed E-state index contributed by atoms with van der Waals surface area (Å²) >= 11 is 3.63. The number of hydrogen-bond donors (Lipinski definition) is 1. The maximum Gasteiger partial charge on any atom is 0.175 e. The van der Waals surface area contributed by atoms with E-state index in [1.54, 1.807) is 0 Å². The summed E-state index contributed by atoms with van der Waals surface area (Å²) in [6, 6.07) is 4.93. The molecule has 1 unspecified atom stereocenters. The van der Waals surface area contributed by atoms with Crippen molar-refractivity contribution in [3.05, 3.63) is 22.2 Å². The van der Waals surface area contributed by atoms with Gasteiger partial charge in [-0.1, -0.05) is 20.3 Å². The Balaban J connectivity index is 2.09. The zero-order valence-corrected chi connectivity index (χ0v) is 14.8. The molecule has 1 saturated carbocycles. The van der Waals surface area contributed by atoms with Crippen LogP contribution in [-0.2, 0) is 6.54 Å². The first-order valence-corrected chi connectivity index (χ1v) is 8.74. The summed E-state index contributed by atoms with van der Waals surface area (Å²) in [5.41, 5.74) is 1.23. The maximum atomic E-state index is 5.97. The zero-order chi connectivity index (χ0) is 15.2. The Hall–Kier alpha value is -0.740. The summed E-state index contributed by atoms with van der Waals surface area (Å²) in [6.07, 6.45) is 3.72. The molecular weight excluding hydrogens is 330 g/mol. The normalized spacial score (nSPS) is 15.8. The Morgan fingerprint density at radius 1 is 1.29 bits per heavy atom. The lowest BCUT2D eigenvalue weighted by Crippen LogP contribution is -2.15. The minimum Gasteiger partial charge on any atom is -0.490 e. The summed E-state index contributed by atoms with van der Waals surface area (Å²) in [5.74, 6) is 2.21. The van der Waals surface area contributed by atoms with Crippen molar-refractivity contribution in [1.82, 2.24) is 5.32 Å². The van der Waals surface area contributed by atoms with Crippen molar-refractivity contribution in [2.75, 3.05) is 13.2 Å². The third-order valence-electron chi connectivity index (χ3n) is 3.75. The minimum absolute atomic E-state index is 0.544. The van der Waals surface area contributed by atoms with E-state index in [9.17, 15) is 0 Å². The van der Waals surface area contributed by atoms with Crippen LogP contribution < -0.4 is 14.8 Å². The van der Waals surface area contributed by atoms with Crippen LogP contribution in [0.4, 0.5) is 0 Å². The van der Waals surface area contributed by atoms with E-state index in [4.69, 9.17) is 9.47 Å². The second-order valence-corrected chi connectivity index (χ2v) is 6.67. The van der Waals surface area contributed by atoms with Crippen molar-refractivity contribution in [1.29, 1.82) is 0 Å². The average molecular weight is 356 g/mol. The van der Waals surface area contributed by atoms with Crippen LogP contribution in [0.15, 0.2) is 16.6 Å². The standard InChI is InChI=1S/C17H26BrNO2/c1-4-12(3)11-21-17-15(18)8-13(9-16(17)20-5-2)10-19-14-6-7-14/h8-9,12,14,19H,4-7,10-11H2,1-3H3. The van der Waals surface area contributed by atoms with Gasteiger partial charge < -0.3 is 14.8 Å². The van der Waals surface area contributed by atoms with Crippen LogP contribution in [0.2, 0.25) is 0 Å². The Labute approximate surface area is 136 Å². The van der Waals surface area contributed by atoms with E-state index >= 15 is 0 Å². The van der Waals surface area contributed by atoms with Crippen LogP contribution in [0.25, 0.3) is 0 Å². The molecule has 3 nitrogen and oxygen atoms in total. The van der Waals surface area contributed by atoms with E-state index in [1.165, 1.54) is 18.4 Å². The molecule has 4 heteroatoms. The first kappa shape index (κ1) is 16.6. The Kier molecular flexibility index (Phi) is 6.37. The summed E-state index contributed by atoms with van der Waals surface area (Å²) < 4.78 is 12.7. The fourth-order valence-corrected chi connectivity index (χ4v) is 2.62. The summed E-state index contributed by atoms with van der Waals surface area (Å²) in [5, 5.41) is 3.53. The number of rotatable bonds is 9. The van der Waals surface area contributed by atoms with Crippen LogP contribution in [0, 0.1) is 5.92 Å². The summed E-state index contributed by atoms with van der Waals surface area (Å²) in [7, 11) is 0. The largest absolute Gasteiger partial charge is 0.490 e. The van der Waals surface area contributed by atoms with Gasteiger partial charge in [-0.2, -0.15) is 0 Å². The SMILES string of the molecule is CCOc1cc(CNC2CC2)cc(Br)c1OCC(C)CC. The summed E-state index contributed by atoms with van der Waals surface area (Å²) in [4.78, 5) is 0. The predicted molar refractivity (Wildman–Crippen MR) is 90.1 cm³/mol. The molecule has 0 amide bonds. The molecule has 1 aromatic rings. The number of halogens is 1. The molecule has 0 radical (unpaired) electrons. The van der Waals surface area contributed by atoms with E-state index in [0.717, 1.165) is 35.5 Å². The van der Waals surface area contributed by atoms with E-state index in [0.29, 0.717) is 18.6 Å². The first-order valence-electron chi connectivity index (χ1n) is 7.95. The molecule has 118 valence electrons. The molecule has 0 spiro atoms. The molecule has 21 heavy (non-hydrogen) atoms. The molecule has 0 aliphatic heterocycles. The lowest BCUT2D eigenvalue weighted by atomic mass is 10.1. The van der Waals surface area contributed by atoms with Gasteiger partial charge in [0.1, 0.15) is 0 Å². The van der Waals surface area contributed by atoms with Crippen LogP contribution in [0.3, 0.4) is 0 Å². The Bertz CT molecular complexity index is 460. The molecule has 1 aromatic carbocycles. The Morgan fingerprint density at radius 2 is 2.05 bits per heavy atom. The third kappa shape index (κ3) is 5.19. The highest BCUT2D eigenvalue weighted by Crippen LogP contribution is 2.37. The van der Waals surface area contributed by atoms with E-state index < -0.39 is 0 Å². The van der Waals surface area contributed by atoms with E-state index in [2.05, 4.69) is 47.2 Å². The molecule has 0 bridgehead atoms. The van der Waals surface area contributed by atoms with Gasteiger partial charge >= 0.3 is 0 Å². The van der Waals surface area contributed by atoms with Crippen molar-refractivity contribution < 1.29 is 9.47 Å². The fraction of sp³-hybridized carbons (Fsp3) is 0.647. The molecule has 1 N–H and O–H groups in total. The van der Waals surface area contributed by atoms with Gasteiger partial charge in [-0.05, 0) is 59.3 Å². The lowest BCUT2D eigenvalue weighted by molar-refractivity contribution is 0.236. The van der Waals surface area contributed by atoms with Gasteiger partial charge in [0.15, 0.2) is 11.5 Å². The van der Waals surface area contributed by atoms with Crippen LogP contribution in [-0.4, -0.2) is 19.3 Å². The quantitative estimate of drug-likeness (QED) is 0.705. The van der Waals surface area contributed by atoms with E-state index in [1.807, 2.05) is 6.92 Å². The van der Waals surface area contributed by atoms with Gasteiger partial charge in [-0.15, -0.1) is 0 Å². The smallest absolute Gasteiger partial charge is 0.175 e. The number of ether oxygens (including phenoxy) is 2. The van der Waals surface area contributed by atoms with Gasteiger partial charge in [0, 0.05) is 12.6 Å². The monoisotopic (exact) mass is 355 g/mol. The molecule has 0 saturated heterocycles. The van der Waals surface area contributed by atoms with Crippen LogP contribution in [0.5, 0.6) is 11.5 Å². The van der Waals surface area contributed by atoms with Crippen LogP contribution in [0.1, 0.15) is 45.6 Å². The Morgan fingerprint density at radius 3 is 2.67 bits per heavy atom. The number of hydrogen-bond acceptors (Lipinski definition) is 3. The van der Waals surface area contributed by atoms with Crippen molar-refractivity contribution in [3.63, 3.8) is 0 Å². The molecule has 1 fully saturated rings. The van der Waals surface area contributed by atoms with Gasteiger partial charge in [0.05, 0.1) is 17.7 Å². The molecule has 0 aromatic heterocycles. The fourth-order valence-electron chi connectivity index (χ4n) is 2.02. The predicted octanol–water partition coefficient (Wildman–Crippen LogP) is 4.52. The van der Waals surface area contributed by atoms with Gasteiger partial charge in [-0.3, -0.25) is 0 Å². The minimum atomic E-state index is 0.544. The molecule has 1 atom stereocenters. The van der Waals surface area contributed by atoms with Gasteiger partial charge in [0.25, 0.3) is 0 Å². The third-order valence-corrected chi connectivity index (χ3v) is 4.34. The van der Waals surface area contributed by atoms with Crippen molar-refractivity contribution in [2.24, 2.45) is 5.92 Å². The molecular formula is C17H26BrNO2. The highest BCUT2D eigenvalue weighted by Gasteiger charge is 2.20. The van der Waals surface area contributed by atoms with Crippen LogP contribution >= 0.6 is 15.9 Å². The van der Waals surface area contributed by atoms with Crippen molar-refractivity contribution in [2.45, 2.75) is 52.6 Å². The van der Waals surface area contributed by atoms with Crippen molar-refractivity contribution in [3.8, 4) is 11.5 Å². The molecule has 0 heterocycles. The van der Waals surface area contributed by atoms with Gasteiger partial charge in [-0.25, -0.2) is 0 Å². The first-order chi connectivity index (χ1) is 10.1. The lowest BCUT2D eigenvalue weighted by Gasteiger charge is -2.17. The molecule has 1 aliphatic rings. The van der Waals surface area contributed by atoms with Crippen molar-refractivity contribution >= 4 is 15.9 Å². The highest BCUT2D eigenvalue weighted by atomic mass is 79.9. The number of benzene rings is 1.